The molecular weight excluding hydrogens is 264 g/mol. The van der Waals surface area contributed by atoms with E-state index in [9.17, 15) is 5.26 Å². The second-order valence-electron chi connectivity index (χ2n) is 4.53. The first-order chi connectivity index (χ1) is 10.3. The first-order valence-corrected chi connectivity index (χ1v) is 6.67. The molecule has 1 atom stereocenters. The van der Waals surface area contributed by atoms with Crippen LogP contribution in [0.5, 0.6) is 11.5 Å². The summed E-state index contributed by atoms with van der Waals surface area (Å²) in [6.45, 7) is 0.564. The number of nitrogens with zero attached hydrogens (tertiary/aromatic N) is 1. The summed E-state index contributed by atoms with van der Waals surface area (Å²) in [6.07, 6.45) is 0. The molecule has 0 aromatic heterocycles. The quantitative estimate of drug-likeness (QED) is 0.884. The van der Waals surface area contributed by atoms with E-state index in [0.29, 0.717) is 6.54 Å². The van der Waals surface area contributed by atoms with E-state index in [1.165, 1.54) is 0 Å². The molecule has 0 radical (unpaired) electrons. The topological polar surface area (TPSA) is 54.3 Å². The molecule has 2 aromatic rings. The van der Waals surface area contributed by atoms with E-state index in [1.807, 2.05) is 48.5 Å². The van der Waals surface area contributed by atoms with Gasteiger partial charge in [0.2, 0.25) is 0 Å². The van der Waals surface area contributed by atoms with Crippen molar-refractivity contribution < 1.29 is 9.47 Å². The predicted molar refractivity (Wildman–Crippen MR) is 81.2 cm³/mol. The number of methoxy groups -OCH3 is 2. The molecule has 0 fully saturated rings. The van der Waals surface area contributed by atoms with Crippen molar-refractivity contribution in [3.63, 3.8) is 0 Å². The molecule has 0 saturated heterocycles. The Labute approximate surface area is 124 Å². The normalized spacial score (nSPS) is 11.5. The minimum absolute atomic E-state index is 0.374. The average Bonchev–Trinajstić information content (AvgIpc) is 2.56. The van der Waals surface area contributed by atoms with E-state index in [2.05, 4.69) is 11.4 Å². The lowest BCUT2D eigenvalue weighted by molar-refractivity contribution is 0.407. The zero-order chi connectivity index (χ0) is 15.1. The van der Waals surface area contributed by atoms with E-state index in [4.69, 9.17) is 9.47 Å². The van der Waals surface area contributed by atoms with Gasteiger partial charge < -0.3 is 9.47 Å². The Morgan fingerprint density at radius 1 is 1.05 bits per heavy atom. The highest BCUT2D eigenvalue weighted by Gasteiger charge is 2.11. The zero-order valence-corrected chi connectivity index (χ0v) is 12.2. The number of hydrogen-bond acceptors (Lipinski definition) is 4. The number of ether oxygens (including phenoxy) is 2. The van der Waals surface area contributed by atoms with Gasteiger partial charge in [0.1, 0.15) is 17.5 Å². The summed E-state index contributed by atoms with van der Waals surface area (Å²) in [5, 5.41) is 12.6. The van der Waals surface area contributed by atoms with Crippen LogP contribution in [-0.4, -0.2) is 14.2 Å². The standard InChI is InChI=1S/C17H18N2O2/c1-20-15-9-7-13(8-10-15)16(11-18)19-12-14-5-3-4-6-17(14)21-2/h3-10,16,19H,12H2,1-2H3. The molecule has 0 aliphatic rings. The molecule has 0 aliphatic heterocycles. The lowest BCUT2D eigenvalue weighted by atomic mass is 10.1. The van der Waals surface area contributed by atoms with Gasteiger partial charge in [-0.15, -0.1) is 0 Å². The highest BCUT2D eigenvalue weighted by atomic mass is 16.5. The van der Waals surface area contributed by atoms with Crippen LogP contribution in [0.25, 0.3) is 0 Å². The molecule has 0 heterocycles. The summed E-state index contributed by atoms with van der Waals surface area (Å²) in [6, 6.07) is 17.1. The minimum Gasteiger partial charge on any atom is -0.497 e. The Kier molecular flexibility index (Phi) is 5.19. The van der Waals surface area contributed by atoms with Crippen LogP contribution in [0.3, 0.4) is 0 Å². The third-order valence-electron chi connectivity index (χ3n) is 3.27. The lowest BCUT2D eigenvalue weighted by Crippen LogP contribution is -2.19. The van der Waals surface area contributed by atoms with Crippen molar-refractivity contribution in [2.24, 2.45) is 0 Å². The summed E-state index contributed by atoms with van der Waals surface area (Å²) in [7, 11) is 3.26. The number of nitriles is 1. The third kappa shape index (κ3) is 3.74. The van der Waals surface area contributed by atoms with E-state index in [0.717, 1.165) is 22.6 Å². The van der Waals surface area contributed by atoms with Crippen molar-refractivity contribution in [2.45, 2.75) is 12.6 Å². The molecular formula is C17H18N2O2. The van der Waals surface area contributed by atoms with Crippen molar-refractivity contribution in [1.82, 2.24) is 5.32 Å². The molecule has 21 heavy (non-hydrogen) atoms. The Bertz CT molecular complexity index is 617. The first kappa shape index (κ1) is 14.9. The molecule has 2 aromatic carbocycles. The molecule has 1 unspecified atom stereocenters. The maximum absolute atomic E-state index is 9.34. The fourth-order valence-electron chi connectivity index (χ4n) is 2.10. The highest BCUT2D eigenvalue weighted by Crippen LogP contribution is 2.20. The second-order valence-corrected chi connectivity index (χ2v) is 4.53. The Hall–Kier alpha value is -2.51. The maximum atomic E-state index is 9.34. The van der Waals surface area contributed by atoms with E-state index < -0.39 is 0 Å². The van der Waals surface area contributed by atoms with Crippen LogP contribution in [0.2, 0.25) is 0 Å². The van der Waals surface area contributed by atoms with Crippen LogP contribution in [0.4, 0.5) is 0 Å². The van der Waals surface area contributed by atoms with Gasteiger partial charge in [-0.05, 0) is 23.8 Å². The zero-order valence-electron chi connectivity index (χ0n) is 12.2. The highest BCUT2D eigenvalue weighted by molar-refractivity contribution is 5.34. The minimum atomic E-state index is -0.374. The van der Waals surface area contributed by atoms with Crippen LogP contribution < -0.4 is 14.8 Å². The third-order valence-corrected chi connectivity index (χ3v) is 3.27. The van der Waals surface area contributed by atoms with Gasteiger partial charge in [0, 0.05) is 12.1 Å². The number of hydrogen-bond donors (Lipinski definition) is 1. The summed E-state index contributed by atoms with van der Waals surface area (Å²) >= 11 is 0. The molecule has 0 spiro atoms. The molecule has 0 saturated carbocycles. The molecule has 108 valence electrons. The Morgan fingerprint density at radius 3 is 2.38 bits per heavy atom. The molecule has 4 nitrogen and oxygen atoms in total. The molecule has 0 amide bonds. The van der Waals surface area contributed by atoms with Crippen molar-refractivity contribution in [3.8, 4) is 17.6 Å². The fraction of sp³-hybridized carbons (Fsp3) is 0.235. The van der Waals surface area contributed by atoms with Crippen LogP contribution in [0.1, 0.15) is 17.2 Å². The molecule has 0 bridgehead atoms. The summed E-state index contributed by atoms with van der Waals surface area (Å²) < 4.78 is 10.4. The van der Waals surface area contributed by atoms with Crippen LogP contribution in [-0.2, 0) is 6.54 Å². The molecule has 2 rings (SSSR count). The second kappa shape index (κ2) is 7.32. The monoisotopic (exact) mass is 282 g/mol. The average molecular weight is 282 g/mol. The first-order valence-electron chi connectivity index (χ1n) is 6.67. The molecule has 4 heteroatoms. The molecule has 1 N–H and O–H groups in total. The number of nitrogens with one attached hydrogen (secondary N) is 1. The Balaban J connectivity index is 2.07. The van der Waals surface area contributed by atoms with Crippen molar-refractivity contribution >= 4 is 0 Å². The van der Waals surface area contributed by atoms with Crippen LogP contribution in [0, 0.1) is 11.3 Å². The van der Waals surface area contributed by atoms with Crippen molar-refractivity contribution in [1.29, 1.82) is 5.26 Å². The fourth-order valence-corrected chi connectivity index (χ4v) is 2.10. The van der Waals surface area contributed by atoms with Crippen molar-refractivity contribution in [2.75, 3.05) is 14.2 Å². The number of para-hydroxylation sites is 1. The van der Waals surface area contributed by atoms with E-state index in [1.54, 1.807) is 14.2 Å². The van der Waals surface area contributed by atoms with Crippen LogP contribution in [0.15, 0.2) is 48.5 Å². The number of benzene rings is 2. The largest absolute Gasteiger partial charge is 0.497 e. The Morgan fingerprint density at radius 2 is 1.76 bits per heavy atom. The van der Waals surface area contributed by atoms with E-state index in [-0.39, 0.29) is 6.04 Å². The van der Waals surface area contributed by atoms with Gasteiger partial charge in [0.15, 0.2) is 0 Å². The number of rotatable bonds is 6. The van der Waals surface area contributed by atoms with Gasteiger partial charge in [0.05, 0.1) is 20.3 Å². The van der Waals surface area contributed by atoms with Gasteiger partial charge in [-0.2, -0.15) is 5.26 Å². The van der Waals surface area contributed by atoms with E-state index >= 15 is 0 Å². The van der Waals surface area contributed by atoms with Gasteiger partial charge in [-0.25, -0.2) is 0 Å². The maximum Gasteiger partial charge on any atom is 0.123 e. The van der Waals surface area contributed by atoms with Crippen LogP contribution >= 0.6 is 0 Å². The summed E-state index contributed by atoms with van der Waals surface area (Å²) in [5.41, 5.74) is 1.93. The van der Waals surface area contributed by atoms with Gasteiger partial charge >= 0.3 is 0 Å². The summed E-state index contributed by atoms with van der Waals surface area (Å²) in [5.74, 6) is 1.59. The lowest BCUT2D eigenvalue weighted by Gasteiger charge is -2.14. The van der Waals surface area contributed by atoms with Gasteiger partial charge in [-0.3, -0.25) is 5.32 Å². The van der Waals surface area contributed by atoms with Gasteiger partial charge in [0.25, 0.3) is 0 Å². The molecule has 0 aliphatic carbocycles. The predicted octanol–water partition coefficient (Wildman–Crippen LogP) is 3.06. The van der Waals surface area contributed by atoms with Gasteiger partial charge in [-0.1, -0.05) is 30.3 Å². The summed E-state index contributed by atoms with van der Waals surface area (Å²) in [4.78, 5) is 0. The SMILES string of the molecule is COc1ccc(C(C#N)NCc2ccccc2OC)cc1. The van der Waals surface area contributed by atoms with Crippen molar-refractivity contribution in [3.05, 3.63) is 59.7 Å². The smallest absolute Gasteiger partial charge is 0.123 e.